The largest absolute Gasteiger partial charge is 0.376 e. The summed E-state index contributed by atoms with van der Waals surface area (Å²) in [6.07, 6.45) is 7.70. The molecule has 0 unspecified atom stereocenters. The number of rotatable bonds is 3. The summed E-state index contributed by atoms with van der Waals surface area (Å²) in [5.74, 6) is 0.720. The number of hydrogen-bond donors (Lipinski definition) is 0. The van der Waals surface area contributed by atoms with Gasteiger partial charge in [0.25, 0.3) is 0 Å². The first-order valence-corrected chi connectivity index (χ1v) is 9.24. The summed E-state index contributed by atoms with van der Waals surface area (Å²) in [7, 11) is 0. The molecule has 116 valence electrons. The van der Waals surface area contributed by atoms with Crippen LogP contribution >= 0.6 is 11.3 Å². The molecule has 4 rings (SSSR count). The lowest BCUT2D eigenvalue weighted by Gasteiger charge is -2.48. The molecule has 4 nitrogen and oxygen atoms in total. The highest BCUT2D eigenvalue weighted by Crippen LogP contribution is 2.33. The molecule has 3 saturated heterocycles. The summed E-state index contributed by atoms with van der Waals surface area (Å²) in [4.78, 5) is 9.78. The quantitative estimate of drug-likeness (QED) is 0.856. The van der Waals surface area contributed by atoms with Gasteiger partial charge in [-0.25, -0.2) is 4.98 Å². The minimum absolute atomic E-state index is 0.476. The summed E-state index contributed by atoms with van der Waals surface area (Å²) in [6.45, 7) is 6.86. The van der Waals surface area contributed by atoms with Crippen molar-refractivity contribution in [3.63, 3.8) is 0 Å². The zero-order valence-electron chi connectivity index (χ0n) is 12.6. The number of ether oxygens (including phenoxy) is 1. The van der Waals surface area contributed by atoms with Crippen LogP contribution in [0.2, 0.25) is 0 Å². The van der Waals surface area contributed by atoms with E-state index >= 15 is 0 Å². The fourth-order valence-corrected chi connectivity index (χ4v) is 4.97. The van der Waals surface area contributed by atoms with Crippen LogP contribution in [0.25, 0.3) is 0 Å². The Labute approximate surface area is 131 Å². The van der Waals surface area contributed by atoms with E-state index in [9.17, 15) is 0 Å². The van der Waals surface area contributed by atoms with E-state index < -0.39 is 0 Å². The van der Waals surface area contributed by atoms with Gasteiger partial charge in [-0.3, -0.25) is 9.80 Å². The maximum absolute atomic E-state index is 6.21. The minimum atomic E-state index is 0.476. The number of nitrogens with zero attached hydrogens (tertiary/aromatic N) is 3. The molecule has 0 bridgehead atoms. The van der Waals surface area contributed by atoms with Crippen LogP contribution in [0, 0.1) is 5.92 Å². The van der Waals surface area contributed by atoms with Crippen LogP contribution in [0.15, 0.2) is 11.6 Å². The number of hydrogen-bond acceptors (Lipinski definition) is 5. The molecule has 0 N–H and O–H groups in total. The lowest BCUT2D eigenvalue weighted by molar-refractivity contribution is -0.112. The molecule has 5 heteroatoms. The van der Waals surface area contributed by atoms with E-state index in [0.717, 1.165) is 25.6 Å². The molecule has 3 atom stereocenters. The fraction of sp³-hybridized carbons (Fsp3) is 0.812. The van der Waals surface area contributed by atoms with Crippen molar-refractivity contribution in [3.05, 3.63) is 16.6 Å². The van der Waals surface area contributed by atoms with Crippen LogP contribution in [-0.2, 0) is 11.3 Å². The number of fused-ring (bicyclic) bond motifs is 1. The van der Waals surface area contributed by atoms with Crippen LogP contribution in [0.1, 0.15) is 30.7 Å². The molecule has 21 heavy (non-hydrogen) atoms. The SMILES string of the molecule is c1csc(CN2C[C@@H]3CCCO[C@@H]3[C@H](N3CCCC3)C2)n1. The molecule has 0 aromatic carbocycles. The molecule has 0 saturated carbocycles. The molecule has 3 aliphatic rings. The van der Waals surface area contributed by atoms with Gasteiger partial charge in [0, 0.05) is 37.3 Å². The van der Waals surface area contributed by atoms with Crippen molar-refractivity contribution in [3.8, 4) is 0 Å². The summed E-state index contributed by atoms with van der Waals surface area (Å²) >= 11 is 1.78. The molecule has 3 fully saturated rings. The average molecular weight is 307 g/mol. The maximum atomic E-state index is 6.21. The highest BCUT2D eigenvalue weighted by atomic mass is 32.1. The predicted octanol–water partition coefficient (Wildman–Crippen LogP) is 2.22. The van der Waals surface area contributed by atoms with Crippen molar-refractivity contribution in [1.29, 1.82) is 0 Å². The van der Waals surface area contributed by atoms with E-state index in [1.54, 1.807) is 11.3 Å². The van der Waals surface area contributed by atoms with Crippen molar-refractivity contribution in [2.45, 2.75) is 44.4 Å². The molecule has 0 aliphatic carbocycles. The molecule has 1 aromatic rings. The third-order valence-electron chi connectivity index (χ3n) is 5.26. The Kier molecular flexibility index (Phi) is 4.25. The van der Waals surface area contributed by atoms with Crippen LogP contribution < -0.4 is 0 Å². The molecule has 0 spiro atoms. The zero-order chi connectivity index (χ0) is 14.1. The Hall–Kier alpha value is -0.490. The fourth-order valence-electron chi connectivity index (χ4n) is 4.31. The Morgan fingerprint density at radius 1 is 1.24 bits per heavy atom. The molecule has 0 radical (unpaired) electrons. The number of piperidine rings is 1. The van der Waals surface area contributed by atoms with Gasteiger partial charge >= 0.3 is 0 Å². The molecular weight excluding hydrogens is 282 g/mol. The lowest BCUT2D eigenvalue weighted by Crippen LogP contribution is -2.60. The van der Waals surface area contributed by atoms with E-state index in [1.165, 1.54) is 50.3 Å². The normalized spacial score (nSPS) is 35.0. The van der Waals surface area contributed by atoms with Gasteiger partial charge in [-0.15, -0.1) is 11.3 Å². The van der Waals surface area contributed by atoms with Gasteiger partial charge in [-0.2, -0.15) is 0 Å². The average Bonchev–Trinajstić information content (AvgIpc) is 3.20. The monoisotopic (exact) mass is 307 g/mol. The Bertz CT molecular complexity index is 446. The first-order chi connectivity index (χ1) is 10.4. The highest BCUT2D eigenvalue weighted by Gasteiger charge is 2.42. The predicted molar refractivity (Wildman–Crippen MR) is 84.5 cm³/mol. The van der Waals surface area contributed by atoms with Gasteiger partial charge in [0.2, 0.25) is 0 Å². The van der Waals surface area contributed by atoms with Crippen molar-refractivity contribution < 1.29 is 4.74 Å². The second-order valence-electron chi connectivity index (χ2n) is 6.67. The topological polar surface area (TPSA) is 28.6 Å². The second-order valence-corrected chi connectivity index (χ2v) is 7.65. The van der Waals surface area contributed by atoms with Gasteiger partial charge in [-0.05, 0) is 44.7 Å². The Morgan fingerprint density at radius 3 is 2.95 bits per heavy atom. The van der Waals surface area contributed by atoms with Crippen molar-refractivity contribution in [2.24, 2.45) is 5.92 Å². The number of aromatic nitrogens is 1. The first-order valence-electron chi connectivity index (χ1n) is 8.36. The van der Waals surface area contributed by atoms with Gasteiger partial charge < -0.3 is 4.74 Å². The molecule has 0 amide bonds. The Balaban J connectivity index is 1.49. The van der Waals surface area contributed by atoms with Gasteiger partial charge in [0.15, 0.2) is 0 Å². The summed E-state index contributed by atoms with van der Waals surface area (Å²) in [5, 5.41) is 3.34. The van der Waals surface area contributed by atoms with E-state index in [4.69, 9.17) is 4.74 Å². The van der Waals surface area contributed by atoms with Crippen molar-refractivity contribution in [1.82, 2.24) is 14.8 Å². The van der Waals surface area contributed by atoms with Crippen LogP contribution in [0.4, 0.5) is 0 Å². The minimum Gasteiger partial charge on any atom is -0.376 e. The molecule has 4 heterocycles. The van der Waals surface area contributed by atoms with E-state index in [-0.39, 0.29) is 0 Å². The summed E-state index contributed by atoms with van der Waals surface area (Å²) in [6, 6.07) is 0.603. The van der Waals surface area contributed by atoms with Gasteiger partial charge in [-0.1, -0.05) is 0 Å². The summed E-state index contributed by atoms with van der Waals surface area (Å²) < 4.78 is 6.21. The zero-order valence-corrected chi connectivity index (χ0v) is 13.4. The standard InChI is InChI=1S/C16H25N3OS/c1-2-7-19(6-1)14-11-18(12-15-17-5-9-21-15)10-13-4-3-8-20-16(13)14/h5,9,13-14,16H,1-4,6-8,10-12H2/t13-,14+,16-/m0/s1. The highest BCUT2D eigenvalue weighted by molar-refractivity contribution is 7.09. The maximum Gasteiger partial charge on any atom is 0.107 e. The van der Waals surface area contributed by atoms with Crippen molar-refractivity contribution >= 4 is 11.3 Å². The van der Waals surface area contributed by atoms with Crippen LogP contribution in [-0.4, -0.2) is 59.7 Å². The lowest BCUT2D eigenvalue weighted by atomic mass is 9.85. The Morgan fingerprint density at radius 2 is 2.14 bits per heavy atom. The van der Waals surface area contributed by atoms with Crippen LogP contribution in [0.5, 0.6) is 0 Å². The van der Waals surface area contributed by atoms with E-state index in [0.29, 0.717) is 12.1 Å². The third kappa shape index (κ3) is 3.02. The number of likely N-dealkylation sites (tertiary alicyclic amines) is 2. The molecule has 3 aliphatic heterocycles. The van der Waals surface area contributed by atoms with Crippen molar-refractivity contribution in [2.75, 3.05) is 32.8 Å². The number of thiazole rings is 1. The van der Waals surface area contributed by atoms with Gasteiger partial charge in [0.1, 0.15) is 5.01 Å². The van der Waals surface area contributed by atoms with E-state index in [1.807, 2.05) is 6.20 Å². The second kappa shape index (κ2) is 6.32. The summed E-state index contributed by atoms with van der Waals surface area (Å²) in [5.41, 5.74) is 0. The molecular formula is C16H25N3OS. The first kappa shape index (κ1) is 14.1. The van der Waals surface area contributed by atoms with E-state index in [2.05, 4.69) is 20.2 Å². The van der Waals surface area contributed by atoms with Crippen LogP contribution in [0.3, 0.4) is 0 Å². The molecule has 1 aromatic heterocycles. The third-order valence-corrected chi connectivity index (χ3v) is 6.03. The van der Waals surface area contributed by atoms with Gasteiger partial charge in [0.05, 0.1) is 12.6 Å². The smallest absolute Gasteiger partial charge is 0.107 e.